The number of hydrogen-bond acceptors (Lipinski definition) is 8. The molecule has 0 aliphatic carbocycles. The molecule has 3 aromatic rings. The number of nitrogens with one attached hydrogen (secondary N) is 3. The van der Waals surface area contributed by atoms with Crippen molar-refractivity contribution in [3.8, 4) is 28.8 Å². The van der Waals surface area contributed by atoms with Crippen molar-refractivity contribution in [1.29, 1.82) is 5.26 Å². The first-order valence-electron chi connectivity index (χ1n) is 9.84. The molecule has 1 atom stereocenters. The van der Waals surface area contributed by atoms with Gasteiger partial charge in [0.25, 0.3) is 0 Å². The number of hydrogen-bond donors (Lipinski definition) is 3. The fourth-order valence-electron chi connectivity index (χ4n) is 3.44. The topological polar surface area (TPSA) is 121 Å². The first-order valence-corrected chi connectivity index (χ1v) is 9.84. The molecule has 0 saturated carbocycles. The summed E-state index contributed by atoms with van der Waals surface area (Å²) in [6.07, 6.45) is 2.34. The van der Waals surface area contributed by atoms with Gasteiger partial charge in [-0.05, 0) is 43.7 Å². The van der Waals surface area contributed by atoms with Gasteiger partial charge >= 0.3 is 0 Å². The lowest BCUT2D eigenvalue weighted by Gasteiger charge is -2.23. The fourth-order valence-corrected chi connectivity index (χ4v) is 3.44. The maximum atomic E-state index is 8.83. The third kappa shape index (κ3) is 4.50. The van der Waals surface area contributed by atoms with Gasteiger partial charge in [0.05, 0.1) is 25.0 Å². The van der Waals surface area contributed by atoms with E-state index < -0.39 is 0 Å². The minimum absolute atomic E-state index is 0.257. The predicted octanol–water partition coefficient (Wildman–Crippen LogP) is 2.87. The van der Waals surface area contributed by atoms with Gasteiger partial charge in [0.15, 0.2) is 17.3 Å². The molecule has 2 aromatic heterocycles. The summed E-state index contributed by atoms with van der Waals surface area (Å²) in [5, 5.41) is 30.4. The van der Waals surface area contributed by atoms with Gasteiger partial charge in [-0.15, -0.1) is 10.2 Å². The zero-order chi connectivity index (χ0) is 20.8. The van der Waals surface area contributed by atoms with Gasteiger partial charge in [-0.2, -0.15) is 10.4 Å². The van der Waals surface area contributed by atoms with Crippen LogP contribution in [0.25, 0.3) is 11.3 Å². The van der Waals surface area contributed by atoms with Crippen molar-refractivity contribution in [3.63, 3.8) is 0 Å². The number of aromatic amines is 1. The molecule has 3 heterocycles. The van der Waals surface area contributed by atoms with E-state index in [4.69, 9.17) is 14.7 Å². The van der Waals surface area contributed by atoms with Gasteiger partial charge in [0.2, 0.25) is 0 Å². The molecule has 0 spiro atoms. The highest BCUT2D eigenvalue weighted by atomic mass is 16.5. The number of anilines is 2. The Labute approximate surface area is 174 Å². The number of aromatic nitrogens is 4. The lowest BCUT2D eigenvalue weighted by molar-refractivity contribution is 0.218. The van der Waals surface area contributed by atoms with Crippen molar-refractivity contribution in [1.82, 2.24) is 25.7 Å². The molecule has 1 aromatic carbocycles. The van der Waals surface area contributed by atoms with Crippen molar-refractivity contribution >= 4 is 11.6 Å². The largest absolute Gasteiger partial charge is 0.496 e. The molecular weight excluding hydrogens is 382 g/mol. The summed E-state index contributed by atoms with van der Waals surface area (Å²) in [4.78, 5) is 0. The van der Waals surface area contributed by atoms with Crippen LogP contribution in [0.15, 0.2) is 36.4 Å². The van der Waals surface area contributed by atoms with E-state index in [0.29, 0.717) is 29.9 Å². The molecule has 3 N–H and O–H groups in total. The molecule has 0 bridgehead atoms. The average molecular weight is 405 g/mol. The van der Waals surface area contributed by atoms with Crippen molar-refractivity contribution in [2.24, 2.45) is 5.92 Å². The minimum Gasteiger partial charge on any atom is -0.496 e. The fraction of sp³-hybridized carbons (Fsp3) is 0.333. The van der Waals surface area contributed by atoms with Crippen LogP contribution in [0, 0.1) is 17.2 Å². The number of benzene rings is 1. The van der Waals surface area contributed by atoms with Crippen LogP contribution < -0.4 is 20.1 Å². The van der Waals surface area contributed by atoms with E-state index in [1.165, 1.54) is 6.42 Å². The third-order valence-electron chi connectivity index (χ3n) is 4.96. The van der Waals surface area contributed by atoms with E-state index in [1.54, 1.807) is 19.2 Å². The molecule has 0 unspecified atom stereocenters. The molecule has 0 amide bonds. The lowest BCUT2D eigenvalue weighted by atomic mass is 10.0. The minimum atomic E-state index is 0.257. The summed E-state index contributed by atoms with van der Waals surface area (Å²) >= 11 is 0. The SMILES string of the molecule is COc1cccc(OC[C@H]2CCCNC2)c1-c1cc(Nc2ccc(C#N)nn2)n[nH]1. The quantitative estimate of drug-likeness (QED) is 0.549. The zero-order valence-electron chi connectivity index (χ0n) is 16.7. The van der Waals surface area contributed by atoms with E-state index in [-0.39, 0.29) is 5.69 Å². The van der Waals surface area contributed by atoms with E-state index in [2.05, 4.69) is 31.0 Å². The Kier molecular flexibility index (Phi) is 6.06. The molecule has 1 aliphatic rings. The lowest BCUT2D eigenvalue weighted by Crippen LogP contribution is -2.33. The van der Waals surface area contributed by atoms with Gasteiger partial charge in [0, 0.05) is 18.5 Å². The highest BCUT2D eigenvalue weighted by Crippen LogP contribution is 2.38. The summed E-state index contributed by atoms with van der Waals surface area (Å²) in [6.45, 7) is 2.70. The number of H-pyrrole nitrogens is 1. The summed E-state index contributed by atoms with van der Waals surface area (Å²) < 4.78 is 11.8. The van der Waals surface area contributed by atoms with Gasteiger partial charge in [-0.1, -0.05) is 6.07 Å². The maximum absolute atomic E-state index is 8.83. The normalized spacial score (nSPS) is 15.9. The standard InChI is InChI=1S/C21H23N7O2/c1-29-17-5-2-6-18(30-13-14-4-3-9-23-12-14)21(17)16-10-20(28-26-16)24-19-8-7-15(11-22)25-27-19/h2,5-8,10,14,23H,3-4,9,12-13H2,1H3,(H2,24,26,27,28)/t14-/m0/s1. The number of nitriles is 1. The molecular formula is C21H23N7O2. The Bertz CT molecular complexity index is 1020. The van der Waals surface area contributed by atoms with Gasteiger partial charge in [-0.3, -0.25) is 5.10 Å². The summed E-state index contributed by atoms with van der Waals surface area (Å²) in [6, 6.07) is 12.8. The van der Waals surface area contributed by atoms with Gasteiger partial charge in [-0.25, -0.2) is 0 Å². The molecule has 9 heteroatoms. The molecule has 4 rings (SSSR count). The highest BCUT2D eigenvalue weighted by Gasteiger charge is 2.18. The second kappa shape index (κ2) is 9.24. The van der Waals surface area contributed by atoms with Crippen molar-refractivity contribution < 1.29 is 9.47 Å². The number of rotatable bonds is 7. The Balaban J connectivity index is 1.54. The van der Waals surface area contributed by atoms with E-state index >= 15 is 0 Å². The Morgan fingerprint density at radius 2 is 2.10 bits per heavy atom. The van der Waals surface area contributed by atoms with Crippen molar-refractivity contribution in [2.75, 3.05) is 32.1 Å². The molecule has 9 nitrogen and oxygen atoms in total. The second-order valence-electron chi connectivity index (χ2n) is 7.06. The second-order valence-corrected chi connectivity index (χ2v) is 7.06. The number of ether oxygens (including phenoxy) is 2. The van der Waals surface area contributed by atoms with Crippen LogP contribution in [0.1, 0.15) is 18.5 Å². The molecule has 1 saturated heterocycles. The Hall–Kier alpha value is -3.64. The zero-order valence-corrected chi connectivity index (χ0v) is 16.7. The number of methoxy groups -OCH3 is 1. The predicted molar refractivity (Wildman–Crippen MR) is 112 cm³/mol. The van der Waals surface area contributed by atoms with Crippen molar-refractivity contribution in [3.05, 3.63) is 42.1 Å². The maximum Gasteiger partial charge on any atom is 0.163 e. The van der Waals surface area contributed by atoms with Crippen LogP contribution in [-0.2, 0) is 0 Å². The summed E-state index contributed by atoms with van der Waals surface area (Å²) in [5.41, 5.74) is 1.83. The third-order valence-corrected chi connectivity index (χ3v) is 4.96. The molecule has 154 valence electrons. The summed E-state index contributed by atoms with van der Waals surface area (Å²) in [7, 11) is 1.63. The number of nitrogens with zero attached hydrogens (tertiary/aromatic N) is 4. The van der Waals surface area contributed by atoms with Crippen LogP contribution in [0.2, 0.25) is 0 Å². The van der Waals surface area contributed by atoms with Crippen LogP contribution in [0.4, 0.5) is 11.6 Å². The summed E-state index contributed by atoms with van der Waals surface area (Å²) in [5.74, 6) is 2.99. The van der Waals surface area contributed by atoms with E-state index in [1.807, 2.05) is 30.3 Å². The van der Waals surface area contributed by atoms with Crippen LogP contribution in [0.3, 0.4) is 0 Å². The van der Waals surface area contributed by atoms with Gasteiger partial charge in [0.1, 0.15) is 17.6 Å². The van der Waals surface area contributed by atoms with E-state index in [9.17, 15) is 0 Å². The monoisotopic (exact) mass is 405 g/mol. The van der Waals surface area contributed by atoms with Crippen LogP contribution in [0.5, 0.6) is 11.5 Å². The average Bonchev–Trinajstić information content (AvgIpc) is 3.26. The first-order chi connectivity index (χ1) is 14.8. The molecule has 1 aliphatic heterocycles. The smallest absolute Gasteiger partial charge is 0.163 e. The Morgan fingerprint density at radius 3 is 2.83 bits per heavy atom. The Morgan fingerprint density at radius 1 is 1.20 bits per heavy atom. The van der Waals surface area contributed by atoms with Crippen LogP contribution >= 0.6 is 0 Å². The van der Waals surface area contributed by atoms with Gasteiger partial charge < -0.3 is 20.1 Å². The highest BCUT2D eigenvalue weighted by molar-refractivity contribution is 5.76. The van der Waals surface area contributed by atoms with E-state index in [0.717, 1.165) is 36.5 Å². The van der Waals surface area contributed by atoms with Crippen LogP contribution in [-0.4, -0.2) is 47.2 Å². The number of piperidine rings is 1. The molecule has 0 radical (unpaired) electrons. The first kappa shape index (κ1) is 19.7. The molecule has 1 fully saturated rings. The van der Waals surface area contributed by atoms with Crippen molar-refractivity contribution in [2.45, 2.75) is 12.8 Å². The molecule has 30 heavy (non-hydrogen) atoms.